The zero-order chi connectivity index (χ0) is 14.4. The van der Waals surface area contributed by atoms with Crippen LogP contribution in [0.25, 0.3) is 0 Å². The summed E-state index contributed by atoms with van der Waals surface area (Å²) in [7, 11) is 1.29. The Labute approximate surface area is 115 Å². The van der Waals surface area contributed by atoms with Gasteiger partial charge < -0.3 is 9.47 Å². The van der Waals surface area contributed by atoms with Gasteiger partial charge in [-0.05, 0) is 19.3 Å². The average molecular weight is 277 g/mol. The average Bonchev–Trinajstić information content (AvgIpc) is 3.00. The minimum Gasteiger partial charge on any atom is -0.467 e. The Balaban J connectivity index is 2.20. The maximum atomic E-state index is 12.3. The molecule has 0 spiro atoms. The normalized spacial score (nSPS) is 23.2. The summed E-state index contributed by atoms with van der Waals surface area (Å²) in [6.07, 6.45) is 1.25. The molecule has 0 aromatic carbocycles. The van der Waals surface area contributed by atoms with Crippen molar-refractivity contribution in [3.8, 4) is 0 Å². The van der Waals surface area contributed by atoms with E-state index in [1.807, 2.05) is 6.92 Å². The van der Waals surface area contributed by atoms with Crippen molar-refractivity contribution >= 4 is 11.9 Å². The summed E-state index contributed by atoms with van der Waals surface area (Å²) in [5.74, 6) is -0.856. The van der Waals surface area contributed by atoms with E-state index < -0.39 is 18.0 Å². The number of fused-ring (bicyclic) bond motifs is 3. The van der Waals surface area contributed by atoms with E-state index in [4.69, 9.17) is 9.47 Å². The first-order valence-electron chi connectivity index (χ1n) is 6.65. The largest absolute Gasteiger partial charge is 0.467 e. The van der Waals surface area contributed by atoms with E-state index in [1.54, 1.807) is 0 Å². The molecule has 2 aliphatic heterocycles. The van der Waals surface area contributed by atoms with E-state index in [2.05, 4.69) is 0 Å². The van der Waals surface area contributed by atoms with Crippen molar-refractivity contribution in [3.05, 3.63) is 33.2 Å². The Kier molecular flexibility index (Phi) is 2.88. The van der Waals surface area contributed by atoms with Crippen molar-refractivity contribution in [2.75, 3.05) is 7.11 Å². The molecule has 0 radical (unpaired) electrons. The van der Waals surface area contributed by atoms with Crippen molar-refractivity contribution in [1.29, 1.82) is 0 Å². The van der Waals surface area contributed by atoms with Crippen LogP contribution in [0.5, 0.6) is 0 Å². The molecule has 20 heavy (non-hydrogen) atoms. The second-order valence-electron chi connectivity index (χ2n) is 5.01. The standard InChI is InChI=1S/C14H15NO5/c1-3-10-7-6-11(16)15-8(12(7)14(18)20-10)4-5-9(15)13(17)19-2/h6,9-10H,3-5H2,1-2H3. The van der Waals surface area contributed by atoms with Gasteiger partial charge in [0.1, 0.15) is 12.1 Å². The van der Waals surface area contributed by atoms with Crippen LogP contribution in [0.3, 0.4) is 0 Å². The summed E-state index contributed by atoms with van der Waals surface area (Å²) < 4.78 is 11.4. The number of esters is 2. The lowest BCUT2D eigenvalue weighted by Crippen LogP contribution is -2.29. The fourth-order valence-corrected chi connectivity index (χ4v) is 3.09. The van der Waals surface area contributed by atoms with E-state index in [0.717, 1.165) is 0 Å². The number of hydrogen-bond acceptors (Lipinski definition) is 5. The first-order chi connectivity index (χ1) is 9.58. The molecule has 0 bridgehead atoms. The van der Waals surface area contributed by atoms with E-state index in [-0.39, 0.29) is 11.7 Å². The molecule has 0 N–H and O–H groups in total. The van der Waals surface area contributed by atoms with Crippen LogP contribution in [0, 0.1) is 0 Å². The fraction of sp³-hybridized carbons (Fsp3) is 0.500. The molecular weight excluding hydrogens is 262 g/mol. The highest BCUT2D eigenvalue weighted by atomic mass is 16.5. The Hall–Kier alpha value is -2.11. The number of hydrogen-bond donors (Lipinski definition) is 0. The van der Waals surface area contributed by atoms with E-state index >= 15 is 0 Å². The Morgan fingerprint density at radius 2 is 2.25 bits per heavy atom. The van der Waals surface area contributed by atoms with Gasteiger partial charge in [0, 0.05) is 17.3 Å². The number of cyclic esters (lactones) is 1. The second-order valence-corrected chi connectivity index (χ2v) is 5.01. The molecule has 0 fully saturated rings. The van der Waals surface area contributed by atoms with E-state index in [0.29, 0.717) is 36.1 Å². The molecule has 0 aliphatic carbocycles. The third kappa shape index (κ3) is 1.60. The SMILES string of the molecule is CCC1OC(=O)c2c1cc(=O)n1c2CCC1C(=O)OC. The second kappa shape index (κ2) is 4.47. The number of nitrogens with zero attached hydrogens (tertiary/aromatic N) is 1. The van der Waals surface area contributed by atoms with Crippen molar-refractivity contribution in [2.45, 2.75) is 38.3 Å². The molecule has 6 nitrogen and oxygen atoms in total. The smallest absolute Gasteiger partial charge is 0.340 e. The summed E-state index contributed by atoms with van der Waals surface area (Å²) in [5.41, 5.74) is 1.44. The summed E-state index contributed by atoms with van der Waals surface area (Å²) >= 11 is 0. The Morgan fingerprint density at radius 1 is 1.50 bits per heavy atom. The summed E-state index contributed by atoms with van der Waals surface area (Å²) in [6.45, 7) is 1.90. The number of pyridine rings is 1. The Morgan fingerprint density at radius 3 is 2.90 bits per heavy atom. The lowest BCUT2D eigenvalue weighted by atomic mass is 10.0. The van der Waals surface area contributed by atoms with Crippen LogP contribution in [0.4, 0.5) is 0 Å². The predicted octanol–water partition coefficient (Wildman–Crippen LogP) is 1.13. The molecule has 2 aliphatic rings. The van der Waals surface area contributed by atoms with E-state index in [9.17, 15) is 14.4 Å². The molecule has 1 aromatic heterocycles. The number of carbonyl (C=O) groups excluding carboxylic acids is 2. The molecule has 106 valence electrons. The van der Waals surface area contributed by atoms with E-state index in [1.165, 1.54) is 17.7 Å². The first kappa shape index (κ1) is 12.9. The number of ether oxygens (including phenoxy) is 2. The van der Waals surface area contributed by atoms with Gasteiger partial charge in [-0.15, -0.1) is 0 Å². The molecule has 0 amide bonds. The molecule has 3 heterocycles. The maximum absolute atomic E-state index is 12.3. The van der Waals surface area contributed by atoms with Crippen LogP contribution < -0.4 is 5.56 Å². The molecule has 2 atom stereocenters. The molecule has 0 saturated carbocycles. The number of carbonyl (C=O) groups is 2. The molecule has 6 heteroatoms. The van der Waals surface area contributed by atoms with Crippen molar-refractivity contribution in [3.63, 3.8) is 0 Å². The van der Waals surface area contributed by atoms with Gasteiger partial charge in [-0.2, -0.15) is 0 Å². The zero-order valence-electron chi connectivity index (χ0n) is 11.3. The maximum Gasteiger partial charge on any atom is 0.340 e. The van der Waals surface area contributed by atoms with Gasteiger partial charge in [0.25, 0.3) is 5.56 Å². The third-order valence-corrected chi connectivity index (χ3v) is 4.00. The minimum absolute atomic E-state index is 0.275. The summed E-state index contributed by atoms with van der Waals surface area (Å²) in [6, 6.07) is 0.778. The summed E-state index contributed by atoms with van der Waals surface area (Å²) in [4.78, 5) is 36.0. The van der Waals surface area contributed by atoms with Crippen LogP contribution in [0.1, 0.15) is 53.5 Å². The van der Waals surface area contributed by atoms with Crippen molar-refractivity contribution in [1.82, 2.24) is 4.57 Å². The van der Waals surface area contributed by atoms with Gasteiger partial charge in [-0.3, -0.25) is 9.36 Å². The zero-order valence-corrected chi connectivity index (χ0v) is 11.3. The van der Waals surface area contributed by atoms with Crippen LogP contribution >= 0.6 is 0 Å². The van der Waals surface area contributed by atoms with Gasteiger partial charge in [0.2, 0.25) is 0 Å². The monoisotopic (exact) mass is 277 g/mol. The van der Waals surface area contributed by atoms with Crippen molar-refractivity contribution < 1.29 is 19.1 Å². The minimum atomic E-state index is -0.638. The lowest BCUT2D eigenvalue weighted by Gasteiger charge is -2.13. The highest BCUT2D eigenvalue weighted by Crippen LogP contribution is 2.37. The van der Waals surface area contributed by atoms with Crippen LogP contribution in [0.2, 0.25) is 0 Å². The van der Waals surface area contributed by atoms with Crippen molar-refractivity contribution in [2.24, 2.45) is 0 Å². The Bertz CT molecular complexity index is 660. The molecule has 1 aromatic rings. The molecule has 0 saturated heterocycles. The number of aromatic nitrogens is 1. The molecular formula is C14H15NO5. The fourth-order valence-electron chi connectivity index (χ4n) is 3.09. The topological polar surface area (TPSA) is 74.6 Å². The molecule has 3 rings (SSSR count). The van der Waals surface area contributed by atoms with Crippen LogP contribution in [-0.2, 0) is 20.7 Å². The number of methoxy groups -OCH3 is 1. The predicted molar refractivity (Wildman–Crippen MR) is 68.5 cm³/mol. The van der Waals surface area contributed by atoms with Gasteiger partial charge in [0.05, 0.1) is 12.7 Å². The first-order valence-corrected chi connectivity index (χ1v) is 6.65. The third-order valence-electron chi connectivity index (χ3n) is 4.00. The lowest BCUT2D eigenvalue weighted by molar-refractivity contribution is -0.144. The highest BCUT2D eigenvalue weighted by Gasteiger charge is 2.39. The van der Waals surface area contributed by atoms with Crippen LogP contribution in [0.15, 0.2) is 10.9 Å². The van der Waals surface area contributed by atoms with Gasteiger partial charge >= 0.3 is 11.9 Å². The summed E-state index contributed by atoms with van der Waals surface area (Å²) in [5, 5.41) is 0. The quantitative estimate of drug-likeness (QED) is 0.757. The van der Waals surface area contributed by atoms with Crippen LogP contribution in [-0.4, -0.2) is 23.6 Å². The highest BCUT2D eigenvalue weighted by molar-refractivity contribution is 5.95. The van der Waals surface area contributed by atoms with Gasteiger partial charge in [0.15, 0.2) is 0 Å². The molecule has 2 unspecified atom stereocenters. The van der Waals surface area contributed by atoms with Gasteiger partial charge in [-0.1, -0.05) is 6.92 Å². The van der Waals surface area contributed by atoms with Gasteiger partial charge in [-0.25, -0.2) is 9.59 Å². The number of rotatable bonds is 2.